The van der Waals surface area contributed by atoms with Gasteiger partial charge in [0.2, 0.25) is 0 Å². The second-order valence-electron chi connectivity index (χ2n) is 7.27. The van der Waals surface area contributed by atoms with Crippen molar-refractivity contribution in [2.45, 2.75) is 51.5 Å². The molecule has 0 radical (unpaired) electrons. The monoisotopic (exact) mass is 350 g/mol. The predicted molar refractivity (Wildman–Crippen MR) is 98.8 cm³/mol. The van der Waals surface area contributed by atoms with Gasteiger partial charge in [0, 0.05) is 38.3 Å². The van der Waals surface area contributed by atoms with Gasteiger partial charge in [-0.1, -0.05) is 19.8 Å². The molecule has 2 aliphatic rings. The molecule has 6 heteroatoms. The summed E-state index contributed by atoms with van der Waals surface area (Å²) in [5.74, 6) is 0.0675. The minimum Gasteiger partial charge on any atom is -0.349 e. The van der Waals surface area contributed by atoms with Crippen molar-refractivity contribution in [1.82, 2.24) is 20.1 Å². The molecule has 1 saturated heterocycles. The predicted octanol–water partition coefficient (Wildman–Crippen LogP) is 2.30. The lowest BCUT2D eigenvalue weighted by molar-refractivity contribution is 0.0415. The first-order valence-corrected chi connectivity index (χ1v) is 10.0. The first-order chi connectivity index (χ1) is 11.5. The Labute approximate surface area is 149 Å². The SMILES string of the molecule is CCc1nc(C)sc1C(=O)NCC1(N2CCN(C)CC2)CCCC1. The van der Waals surface area contributed by atoms with Crippen molar-refractivity contribution in [2.24, 2.45) is 0 Å². The highest BCUT2D eigenvalue weighted by Gasteiger charge is 2.40. The Morgan fingerprint density at radius 1 is 1.25 bits per heavy atom. The average molecular weight is 351 g/mol. The molecule has 0 unspecified atom stereocenters. The van der Waals surface area contributed by atoms with E-state index in [1.54, 1.807) is 0 Å². The van der Waals surface area contributed by atoms with Crippen LogP contribution in [0.15, 0.2) is 0 Å². The normalized spacial score (nSPS) is 22.0. The van der Waals surface area contributed by atoms with Gasteiger partial charge in [0.15, 0.2) is 0 Å². The maximum absolute atomic E-state index is 12.7. The Morgan fingerprint density at radius 3 is 2.54 bits per heavy atom. The smallest absolute Gasteiger partial charge is 0.263 e. The maximum Gasteiger partial charge on any atom is 0.263 e. The summed E-state index contributed by atoms with van der Waals surface area (Å²) in [4.78, 5) is 23.0. The number of aryl methyl sites for hydroxylation is 2. The van der Waals surface area contributed by atoms with Crippen molar-refractivity contribution >= 4 is 17.2 Å². The Balaban J connectivity index is 1.67. The minimum atomic E-state index is 0.0675. The number of amides is 1. The summed E-state index contributed by atoms with van der Waals surface area (Å²) in [5.41, 5.74) is 1.11. The summed E-state index contributed by atoms with van der Waals surface area (Å²) in [5, 5.41) is 4.23. The van der Waals surface area contributed by atoms with Crippen LogP contribution in [0.5, 0.6) is 0 Å². The van der Waals surface area contributed by atoms with Crippen molar-refractivity contribution in [1.29, 1.82) is 0 Å². The van der Waals surface area contributed by atoms with E-state index < -0.39 is 0 Å². The van der Waals surface area contributed by atoms with Gasteiger partial charge < -0.3 is 10.2 Å². The van der Waals surface area contributed by atoms with Crippen LogP contribution in [-0.2, 0) is 6.42 Å². The van der Waals surface area contributed by atoms with Gasteiger partial charge in [0.25, 0.3) is 5.91 Å². The Kier molecular flexibility index (Phi) is 5.57. The van der Waals surface area contributed by atoms with Crippen molar-refractivity contribution in [2.75, 3.05) is 39.8 Å². The van der Waals surface area contributed by atoms with E-state index in [2.05, 4.69) is 34.1 Å². The minimum absolute atomic E-state index is 0.0675. The highest BCUT2D eigenvalue weighted by Crippen LogP contribution is 2.35. The van der Waals surface area contributed by atoms with Crippen LogP contribution < -0.4 is 5.32 Å². The molecule has 1 amide bonds. The third kappa shape index (κ3) is 3.65. The fraction of sp³-hybridized carbons (Fsp3) is 0.778. The molecule has 1 saturated carbocycles. The summed E-state index contributed by atoms with van der Waals surface area (Å²) >= 11 is 1.52. The molecule has 1 aliphatic heterocycles. The number of carbonyl (C=O) groups is 1. The summed E-state index contributed by atoms with van der Waals surface area (Å²) in [6.07, 6.45) is 5.79. The highest BCUT2D eigenvalue weighted by atomic mass is 32.1. The van der Waals surface area contributed by atoms with Gasteiger partial charge in [0.05, 0.1) is 10.7 Å². The third-order valence-electron chi connectivity index (χ3n) is 5.63. The summed E-state index contributed by atoms with van der Waals surface area (Å²) in [7, 11) is 2.19. The van der Waals surface area contributed by atoms with Crippen LogP contribution in [0.3, 0.4) is 0 Å². The number of thiazole rings is 1. The number of carbonyl (C=O) groups excluding carboxylic acids is 1. The summed E-state index contributed by atoms with van der Waals surface area (Å²) < 4.78 is 0. The average Bonchev–Trinajstić information content (AvgIpc) is 3.20. The number of aromatic nitrogens is 1. The first-order valence-electron chi connectivity index (χ1n) is 9.22. The van der Waals surface area contributed by atoms with Gasteiger partial charge in [0.1, 0.15) is 4.88 Å². The van der Waals surface area contributed by atoms with Gasteiger partial charge in [-0.05, 0) is 33.2 Å². The number of hydrogen-bond donors (Lipinski definition) is 1. The van der Waals surface area contributed by atoms with Crippen LogP contribution in [-0.4, -0.2) is 66.0 Å². The van der Waals surface area contributed by atoms with E-state index in [0.717, 1.165) is 54.7 Å². The molecule has 1 N–H and O–H groups in total. The van der Waals surface area contributed by atoms with Gasteiger partial charge in [-0.25, -0.2) is 4.98 Å². The standard InChI is InChI=1S/C18H30N4OS/c1-4-15-16(24-14(2)20-15)17(23)19-13-18(7-5-6-8-18)22-11-9-21(3)10-12-22/h4-13H2,1-3H3,(H,19,23). The maximum atomic E-state index is 12.7. The molecule has 3 rings (SSSR count). The van der Waals surface area contributed by atoms with Crippen LogP contribution in [0, 0.1) is 6.92 Å². The largest absolute Gasteiger partial charge is 0.349 e. The van der Waals surface area contributed by atoms with E-state index >= 15 is 0 Å². The zero-order chi connectivity index (χ0) is 17.2. The van der Waals surface area contributed by atoms with E-state index in [1.165, 1.54) is 37.0 Å². The number of hydrogen-bond acceptors (Lipinski definition) is 5. The second-order valence-corrected chi connectivity index (χ2v) is 8.47. The van der Waals surface area contributed by atoms with Crippen LogP contribution >= 0.6 is 11.3 Å². The van der Waals surface area contributed by atoms with Gasteiger partial charge in [-0.15, -0.1) is 11.3 Å². The van der Waals surface area contributed by atoms with Gasteiger partial charge in [-0.3, -0.25) is 9.69 Å². The zero-order valence-corrected chi connectivity index (χ0v) is 16.0. The molecule has 2 heterocycles. The Hall–Kier alpha value is -0.980. The number of rotatable bonds is 5. The number of likely N-dealkylation sites (N-methyl/N-ethyl adjacent to an activating group) is 1. The lowest BCUT2D eigenvalue weighted by Gasteiger charge is -2.45. The number of nitrogens with zero attached hydrogens (tertiary/aromatic N) is 3. The van der Waals surface area contributed by atoms with E-state index in [0.29, 0.717) is 0 Å². The van der Waals surface area contributed by atoms with Crippen molar-refractivity contribution < 1.29 is 4.79 Å². The van der Waals surface area contributed by atoms with E-state index in [9.17, 15) is 4.79 Å². The molecule has 24 heavy (non-hydrogen) atoms. The first kappa shape index (κ1) is 17.8. The fourth-order valence-electron chi connectivity index (χ4n) is 4.13. The molecule has 134 valence electrons. The van der Waals surface area contributed by atoms with Gasteiger partial charge in [-0.2, -0.15) is 0 Å². The molecule has 0 aromatic carbocycles. The summed E-state index contributed by atoms with van der Waals surface area (Å²) in [6.45, 7) is 9.30. The van der Waals surface area contributed by atoms with E-state index in [1.807, 2.05) is 6.92 Å². The van der Waals surface area contributed by atoms with Gasteiger partial charge >= 0.3 is 0 Å². The highest BCUT2D eigenvalue weighted by molar-refractivity contribution is 7.13. The molecule has 2 fully saturated rings. The zero-order valence-electron chi connectivity index (χ0n) is 15.2. The molecule has 1 aromatic rings. The summed E-state index contributed by atoms with van der Waals surface area (Å²) in [6, 6.07) is 0. The van der Waals surface area contributed by atoms with Crippen molar-refractivity contribution in [3.8, 4) is 0 Å². The van der Waals surface area contributed by atoms with Crippen LogP contribution in [0.4, 0.5) is 0 Å². The third-order valence-corrected chi connectivity index (χ3v) is 6.64. The second kappa shape index (κ2) is 7.50. The fourth-order valence-corrected chi connectivity index (χ4v) is 5.05. The molecule has 1 aromatic heterocycles. The molecule has 5 nitrogen and oxygen atoms in total. The van der Waals surface area contributed by atoms with Crippen molar-refractivity contribution in [3.05, 3.63) is 15.6 Å². The van der Waals surface area contributed by atoms with Crippen LogP contribution in [0.1, 0.15) is 53.0 Å². The lowest BCUT2D eigenvalue weighted by atomic mass is 9.93. The number of nitrogens with one attached hydrogen (secondary N) is 1. The molecule has 0 atom stereocenters. The number of piperazine rings is 1. The lowest BCUT2D eigenvalue weighted by Crippen LogP contribution is -2.59. The van der Waals surface area contributed by atoms with E-state index in [-0.39, 0.29) is 11.4 Å². The molecular weight excluding hydrogens is 320 g/mol. The van der Waals surface area contributed by atoms with E-state index in [4.69, 9.17) is 0 Å². The van der Waals surface area contributed by atoms with Crippen LogP contribution in [0.2, 0.25) is 0 Å². The molecule has 0 spiro atoms. The topological polar surface area (TPSA) is 48.5 Å². The Morgan fingerprint density at radius 2 is 1.92 bits per heavy atom. The Bertz CT molecular complexity index is 572. The van der Waals surface area contributed by atoms with Crippen molar-refractivity contribution in [3.63, 3.8) is 0 Å². The molecular formula is C18H30N4OS. The molecule has 1 aliphatic carbocycles. The van der Waals surface area contributed by atoms with Crippen LogP contribution in [0.25, 0.3) is 0 Å². The molecule has 0 bridgehead atoms. The quantitative estimate of drug-likeness (QED) is 0.885.